The fourth-order valence-corrected chi connectivity index (χ4v) is 2.31. The summed E-state index contributed by atoms with van der Waals surface area (Å²) in [7, 11) is 0. The van der Waals surface area contributed by atoms with Gasteiger partial charge in [0.15, 0.2) is 0 Å². The molecule has 1 fully saturated rings. The van der Waals surface area contributed by atoms with Gasteiger partial charge in [-0.15, -0.1) is 0 Å². The molecule has 0 atom stereocenters. The van der Waals surface area contributed by atoms with Crippen LogP contribution in [0.3, 0.4) is 0 Å². The van der Waals surface area contributed by atoms with E-state index in [9.17, 15) is 4.79 Å². The highest BCUT2D eigenvalue weighted by atomic mass is 16.1. The number of nitrogen functional groups attached to an aromatic ring is 1. The van der Waals surface area contributed by atoms with E-state index in [-0.39, 0.29) is 5.43 Å². The monoisotopic (exact) mass is 206 g/mol. The predicted octanol–water partition coefficient (Wildman–Crippen LogP) is 2.01. The first kappa shape index (κ1) is 10.3. The van der Waals surface area contributed by atoms with Crippen molar-refractivity contribution in [3.63, 3.8) is 0 Å². The van der Waals surface area contributed by atoms with E-state index in [4.69, 9.17) is 5.73 Å². The second-order valence-electron chi connectivity index (χ2n) is 4.44. The number of rotatable bonds is 3. The largest absolute Gasteiger partial charge is 0.394 e. The predicted molar refractivity (Wildman–Crippen MR) is 61.7 cm³/mol. The van der Waals surface area contributed by atoms with Crippen molar-refractivity contribution in [1.82, 2.24) is 4.57 Å². The van der Waals surface area contributed by atoms with Crippen LogP contribution in [0.2, 0.25) is 0 Å². The van der Waals surface area contributed by atoms with Crippen molar-refractivity contribution < 1.29 is 0 Å². The lowest BCUT2D eigenvalue weighted by atomic mass is 10.0. The van der Waals surface area contributed by atoms with E-state index in [1.54, 1.807) is 12.3 Å². The second kappa shape index (κ2) is 4.51. The van der Waals surface area contributed by atoms with Crippen LogP contribution in [-0.2, 0) is 6.54 Å². The van der Waals surface area contributed by atoms with Crippen LogP contribution in [-0.4, -0.2) is 4.57 Å². The average molecular weight is 206 g/mol. The molecule has 0 radical (unpaired) electrons. The number of pyridine rings is 1. The topological polar surface area (TPSA) is 48.0 Å². The van der Waals surface area contributed by atoms with E-state index in [2.05, 4.69) is 0 Å². The minimum absolute atomic E-state index is 0.0767. The van der Waals surface area contributed by atoms with E-state index in [1.165, 1.54) is 32.1 Å². The summed E-state index contributed by atoms with van der Waals surface area (Å²) in [6.45, 7) is 0.981. The Bertz CT molecular complexity index is 377. The molecule has 82 valence electrons. The quantitative estimate of drug-likeness (QED) is 0.822. The van der Waals surface area contributed by atoms with Crippen LogP contribution in [0.4, 0.5) is 5.69 Å². The third-order valence-corrected chi connectivity index (χ3v) is 3.28. The molecule has 2 N–H and O–H groups in total. The highest BCUT2D eigenvalue weighted by Gasteiger charge is 2.14. The van der Waals surface area contributed by atoms with Gasteiger partial charge in [0, 0.05) is 25.0 Å². The highest BCUT2D eigenvalue weighted by Crippen LogP contribution is 2.27. The molecule has 3 nitrogen and oxygen atoms in total. The van der Waals surface area contributed by atoms with Crippen LogP contribution in [0.1, 0.15) is 32.1 Å². The Labute approximate surface area is 89.9 Å². The number of nitrogens with two attached hydrogens (primary N) is 1. The molecule has 0 aromatic carbocycles. The zero-order valence-corrected chi connectivity index (χ0v) is 8.98. The van der Waals surface area contributed by atoms with Gasteiger partial charge >= 0.3 is 0 Å². The Morgan fingerprint density at radius 3 is 2.80 bits per heavy atom. The van der Waals surface area contributed by atoms with E-state index in [0.717, 1.165) is 12.5 Å². The van der Waals surface area contributed by atoms with Gasteiger partial charge in [-0.1, -0.05) is 25.7 Å². The summed E-state index contributed by atoms with van der Waals surface area (Å²) in [6.07, 6.45) is 10.3. The molecule has 1 aromatic rings. The number of aromatic nitrogens is 1. The average Bonchev–Trinajstić information content (AvgIpc) is 2.73. The molecule has 0 amide bonds. The molecule has 0 bridgehead atoms. The molecule has 2 rings (SSSR count). The maximum absolute atomic E-state index is 11.1. The first-order chi connectivity index (χ1) is 7.25. The number of nitrogens with zero attached hydrogens (tertiary/aromatic N) is 1. The summed E-state index contributed by atoms with van der Waals surface area (Å²) in [4.78, 5) is 11.1. The first-order valence-electron chi connectivity index (χ1n) is 5.71. The third-order valence-electron chi connectivity index (χ3n) is 3.28. The summed E-state index contributed by atoms with van der Waals surface area (Å²) in [5.74, 6) is 0.880. The molecular weight excluding hydrogens is 188 g/mol. The van der Waals surface area contributed by atoms with Crippen LogP contribution < -0.4 is 11.2 Å². The van der Waals surface area contributed by atoms with Crippen LogP contribution in [0, 0.1) is 5.92 Å². The van der Waals surface area contributed by atoms with E-state index >= 15 is 0 Å². The molecule has 0 aliphatic heterocycles. The Kier molecular flexibility index (Phi) is 3.09. The minimum Gasteiger partial charge on any atom is -0.394 e. The number of hydrogen-bond acceptors (Lipinski definition) is 2. The van der Waals surface area contributed by atoms with Crippen molar-refractivity contribution in [3.05, 3.63) is 28.7 Å². The first-order valence-corrected chi connectivity index (χ1v) is 5.71. The Hall–Kier alpha value is -1.25. The fraction of sp³-hybridized carbons (Fsp3) is 0.583. The van der Waals surface area contributed by atoms with Crippen LogP contribution >= 0.6 is 0 Å². The fourth-order valence-electron chi connectivity index (χ4n) is 2.31. The van der Waals surface area contributed by atoms with Crippen LogP contribution in [0.25, 0.3) is 0 Å². The molecule has 15 heavy (non-hydrogen) atoms. The Morgan fingerprint density at radius 1 is 1.40 bits per heavy atom. The van der Waals surface area contributed by atoms with Crippen molar-refractivity contribution in [2.24, 2.45) is 5.92 Å². The smallest absolute Gasteiger partial charge is 0.204 e. The maximum Gasteiger partial charge on any atom is 0.204 e. The van der Waals surface area contributed by atoms with E-state index in [1.807, 2.05) is 10.8 Å². The molecule has 0 unspecified atom stereocenters. The van der Waals surface area contributed by atoms with Gasteiger partial charge in [-0.25, -0.2) is 0 Å². The molecule has 1 aliphatic carbocycles. The lowest BCUT2D eigenvalue weighted by molar-refractivity contribution is 0.457. The van der Waals surface area contributed by atoms with Gasteiger partial charge in [-0.05, 0) is 12.3 Å². The second-order valence-corrected chi connectivity index (χ2v) is 4.44. The highest BCUT2D eigenvalue weighted by molar-refractivity contribution is 5.33. The lowest BCUT2D eigenvalue weighted by Gasteiger charge is -2.11. The third kappa shape index (κ3) is 2.61. The molecule has 0 saturated heterocycles. The van der Waals surface area contributed by atoms with Gasteiger partial charge in [0.25, 0.3) is 0 Å². The van der Waals surface area contributed by atoms with Gasteiger partial charge in [0.05, 0.1) is 5.69 Å². The summed E-state index contributed by atoms with van der Waals surface area (Å²) >= 11 is 0. The number of aryl methyl sites for hydroxylation is 1. The normalized spacial score (nSPS) is 17.1. The molecule has 1 aromatic heterocycles. The van der Waals surface area contributed by atoms with Crippen molar-refractivity contribution in [2.45, 2.75) is 38.6 Å². The molecule has 1 heterocycles. The lowest BCUT2D eigenvalue weighted by Crippen LogP contribution is -2.11. The van der Waals surface area contributed by atoms with E-state index in [0.29, 0.717) is 5.69 Å². The molecule has 0 spiro atoms. The zero-order valence-electron chi connectivity index (χ0n) is 8.98. The van der Waals surface area contributed by atoms with Crippen molar-refractivity contribution in [3.8, 4) is 0 Å². The van der Waals surface area contributed by atoms with Gasteiger partial charge in [0.1, 0.15) is 0 Å². The molecule has 1 saturated carbocycles. The molecule has 1 aliphatic rings. The summed E-state index contributed by atoms with van der Waals surface area (Å²) in [5.41, 5.74) is 5.85. The number of hydrogen-bond donors (Lipinski definition) is 1. The maximum atomic E-state index is 11.1. The van der Waals surface area contributed by atoms with Gasteiger partial charge in [-0.2, -0.15) is 0 Å². The minimum atomic E-state index is -0.0767. The standard InChI is InChI=1S/C12H18N2O/c13-11-9-14(8-6-12(11)15)7-5-10-3-1-2-4-10/h6,8-10H,1-5,7,13H2. The van der Waals surface area contributed by atoms with Gasteiger partial charge in [0.2, 0.25) is 5.43 Å². The SMILES string of the molecule is Nc1cn(CCC2CCCC2)ccc1=O. The Balaban J connectivity index is 1.92. The molecular formula is C12H18N2O. The van der Waals surface area contributed by atoms with Crippen LogP contribution in [0.5, 0.6) is 0 Å². The Morgan fingerprint density at radius 2 is 2.13 bits per heavy atom. The van der Waals surface area contributed by atoms with Crippen molar-refractivity contribution >= 4 is 5.69 Å². The summed E-state index contributed by atoms with van der Waals surface area (Å²) in [5, 5.41) is 0. The van der Waals surface area contributed by atoms with Gasteiger partial charge in [-0.3, -0.25) is 4.79 Å². The van der Waals surface area contributed by atoms with Gasteiger partial charge < -0.3 is 10.3 Å². The van der Waals surface area contributed by atoms with Crippen molar-refractivity contribution in [1.29, 1.82) is 0 Å². The molecule has 3 heteroatoms. The summed E-state index contributed by atoms with van der Waals surface area (Å²) in [6, 6.07) is 1.55. The van der Waals surface area contributed by atoms with Crippen LogP contribution in [0.15, 0.2) is 23.3 Å². The summed E-state index contributed by atoms with van der Waals surface area (Å²) < 4.78 is 2.02. The number of anilines is 1. The van der Waals surface area contributed by atoms with E-state index < -0.39 is 0 Å². The zero-order chi connectivity index (χ0) is 10.7. The van der Waals surface area contributed by atoms with Crippen molar-refractivity contribution in [2.75, 3.05) is 5.73 Å².